The van der Waals surface area contributed by atoms with Crippen molar-refractivity contribution in [3.05, 3.63) is 138 Å². The molecule has 0 aliphatic heterocycles. The number of nitrogens with zero attached hydrogens (tertiary/aromatic N) is 1. The molecule has 0 fully saturated rings. The van der Waals surface area contributed by atoms with E-state index in [2.05, 4.69) is 126 Å². The quantitative estimate of drug-likeness (QED) is 0.227. The lowest BCUT2D eigenvalue weighted by Gasteiger charge is -2.27. The van der Waals surface area contributed by atoms with Crippen LogP contribution in [0.25, 0.3) is 42.1 Å². The zero-order chi connectivity index (χ0) is 24.8. The third kappa shape index (κ3) is 3.77. The lowest BCUT2D eigenvalue weighted by molar-refractivity contribution is 1.30. The zero-order valence-corrected chi connectivity index (χ0v) is 21.5. The van der Waals surface area contributed by atoms with E-state index in [0.717, 1.165) is 27.5 Å². The molecule has 0 spiro atoms. The maximum Gasteiger partial charge on any atom is 0.0547 e. The summed E-state index contributed by atoms with van der Waals surface area (Å²) in [4.78, 5) is 2.36. The Morgan fingerprint density at radius 1 is 0.514 bits per heavy atom. The third-order valence-electron chi connectivity index (χ3n) is 6.92. The highest BCUT2D eigenvalue weighted by molar-refractivity contribution is 7.26. The number of hydrogen-bond acceptors (Lipinski definition) is 2. The minimum Gasteiger partial charge on any atom is -0.310 e. The molecule has 0 radical (unpaired) electrons. The molecule has 37 heavy (non-hydrogen) atoms. The van der Waals surface area contributed by atoms with Gasteiger partial charge in [0.2, 0.25) is 0 Å². The second-order valence-corrected chi connectivity index (χ2v) is 10.6. The predicted molar refractivity (Wildman–Crippen MR) is 162 cm³/mol. The number of hydrogen-bond donors (Lipinski definition) is 0. The number of rotatable bonds is 4. The summed E-state index contributed by atoms with van der Waals surface area (Å²) in [5.74, 6) is 0. The van der Waals surface area contributed by atoms with Gasteiger partial charge in [0.1, 0.15) is 0 Å². The third-order valence-corrected chi connectivity index (χ3v) is 8.44. The van der Waals surface area contributed by atoms with Crippen LogP contribution in [0.3, 0.4) is 0 Å². The summed E-state index contributed by atoms with van der Waals surface area (Å²) in [6, 6.07) is 47.2. The molecule has 0 atom stereocenters. The average Bonchev–Trinajstić information content (AvgIpc) is 3.35. The predicted octanol–water partition coefficient (Wildman–Crippen LogP) is 11.0. The maximum absolute atomic E-state index is 6.76. The van der Waals surface area contributed by atoms with Crippen molar-refractivity contribution in [2.45, 2.75) is 0 Å². The van der Waals surface area contributed by atoms with Crippen LogP contribution in [0, 0.1) is 0 Å². The maximum atomic E-state index is 6.76. The summed E-state index contributed by atoms with van der Waals surface area (Å²) < 4.78 is 2.48. The topological polar surface area (TPSA) is 3.24 Å². The van der Waals surface area contributed by atoms with E-state index >= 15 is 0 Å². The van der Waals surface area contributed by atoms with Crippen molar-refractivity contribution in [1.82, 2.24) is 0 Å². The first-order chi connectivity index (χ1) is 18.3. The Morgan fingerprint density at radius 2 is 1.14 bits per heavy atom. The van der Waals surface area contributed by atoms with Crippen molar-refractivity contribution in [2.75, 3.05) is 4.90 Å². The molecule has 3 heteroatoms. The van der Waals surface area contributed by atoms with Crippen molar-refractivity contribution in [3.63, 3.8) is 0 Å². The van der Waals surface area contributed by atoms with Gasteiger partial charge in [-0.2, -0.15) is 0 Å². The van der Waals surface area contributed by atoms with E-state index in [1.807, 2.05) is 23.5 Å². The highest BCUT2D eigenvalue weighted by Crippen LogP contribution is 2.47. The van der Waals surface area contributed by atoms with Crippen LogP contribution in [0.1, 0.15) is 0 Å². The van der Waals surface area contributed by atoms with Crippen molar-refractivity contribution >= 4 is 70.9 Å². The molecule has 0 aliphatic rings. The van der Waals surface area contributed by atoms with Crippen LogP contribution in [0.5, 0.6) is 0 Å². The average molecular weight is 512 g/mol. The summed E-state index contributed by atoms with van der Waals surface area (Å²) in [6.45, 7) is 0. The molecule has 6 aromatic carbocycles. The minimum atomic E-state index is 0.795. The summed E-state index contributed by atoms with van der Waals surface area (Å²) in [5.41, 5.74) is 5.78. The van der Waals surface area contributed by atoms with Gasteiger partial charge in [0.25, 0.3) is 0 Å². The summed E-state index contributed by atoms with van der Waals surface area (Å²) >= 11 is 8.58. The molecule has 1 nitrogen and oxygen atoms in total. The minimum absolute atomic E-state index is 0.795. The lowest BCUT2D eigenvalue weighted by Crippen LogP contribution is -2.10. The number of para-hydroxylation sites is 1. The van der Waals surface area contributed by atoms with E-state index in [0.29, 0.717) is 0 Å². The van der Waals surface area contributed by atoms with E-state index in [1.165, 1.54) is 36.7 Å². The highest BCUT2D eigenvalue weighted by atomic mass is 35.5. The molecule has 7 rings (SSSR count). The summed E-state index contributed by atoms with van der Waals surface area (Å²) in [7, 11) is 0. The van der Waals surface area contributed by atoms with E-state index in [1.54, 1.807) is 0 Å². The number of halogens is 1. The van der Waals surface area contributed by atoms with Gasteiger partial charge in [-0.05, 0) is 53.6 Å². The second kappa shape index (κ2) is 9.08. The van der Waals surface area contributed by atoms with Crippen LogP contribution in [-0.4, -0.2) is 0 Å². The van der Waals surface area contributed by atoms with E-state index < -0.39 is 0 Å². The van der Waals surface area contributed by atoms with Gasteiger partial charge in [-0.25, -0.2) is 0 Å². The van der Waals surface area contributed by atoms with Crippen LogP contribution in [0.2, 0.25) is 5.02 Å². The first-order valence-corrected chi connectivity index (χ1v) is 13.5. The smallest absolute Gasteiger partial charge is 0.0547 e. The monoisotopic (exact) mass is 511 g/mol. The summed E-state index contributed by atoms with van der Waals surface area (Å²) in [5, 5.41) is 5.58. The normalized spacial score (nSPS) is 11.4. The molecule has 7 aromatic rings. The molecule has 1 aromatic heterocycles. The molecule has 0 bridgehead atoms. The molecule has 0 saturated carbocycles. The van der Waals surface area contributed by atoms with Crippen molar-refractivity contribution in [3.8, 4) is 11.1 Å². The molecule has 0 saturated heterocycles. The van der Waals surface area contributed by atoms with Crippen LogP contribution < -0.4 is 4.90 Å². The fourth-order valence-corrected chi connectivity index (χ4v) is 6.79. The molecule has 0 unspecified atom stereocenters. The molecule has 0 amide bonds. The number of benzene rings is 6. The Balaban J connectivity index is 1.51. The van der Waals surface area contributed by atoms with Gasteiger partial charge in [0.15, 0.2) is 0 Å². The Labute approximate surface area is 224 Å². The standard InChI is InChI=1S/C34H22ClNS/c35-30-16-9-17-32-33(30)29-22-31(27-14-7-8-15-28(27)34(29)37-32)36(25-12-5-2-6-13-25)26-20-18-24(19-21-26)23-10-3-1-4-11-23/h1-22H. The van der Waals surface area contributed by atoms with Gasteiger partial charge in [-0.1, -0.05) is 103 Å². The first kappa shape index (κ1) is 22.1. The van der Waals surface area contributed by atoms with Gasteiger partial charge in [0, 0.05) is 47.3 Å². The number of fused-ring (bicyclic) bond motifs is 5. The molecular weight excluding hydrogens is 490 g/mol. The molecule has 176 valence electrons. The van der Waals surface area contributed by atoms with Crippen LogP contribution in [0.15, 0.2) is 133 Å². The first-order valence-electron chi connectivity index (χ1n) is 12.3. The number of thiophene rings is 1. The molecule has 0 N–H and O–H groups in total. The number of anilines is 3. The van der Waals surface area contributed by atoms with Gasteiger partial charge in [-0.15, -0.1) is 11.3 Å². The van der Waals surface area contributed by atoms with Gasteiger partial charge < -0.3 is 4.90 Å². The highest BCUT2D eigenvalue weighted by Gasteiger charge is 2.20. The molecule has 1 heterocycles. The van der Waals surface area contributed by atoms with Gasteiger partial charge in [-0.3, -0.25) is 0 Å². The summed E-state index contributed by atoms with van der Waals surface area (Å²) in [6.07, 6.45) is 0. The Kier molecular flexibility index (Phi) is 5.43. The van der Waals surface area contributed by atoms with Crippen molar-refractivity contribution in [1.29, 1.82) is 0 Å². The Hall–Kier alpha value is -4.11. The van der Waals surface area contributed by atoms with Crippen LogP contribution in [0.4, 0.5) is 17.1 Å². The fourth-order valence-electron chi connectivity index (χ4n) is 5.21. The van der Waals surface area contributed by atoms with Crippen LogP contribution >= 0.6 is 22.9 Å². The van der Waals surface area contributed by atoms with Crippen molar-refractivity contribution < 1.29 is 0 Å². The van der Waals surface area contributed by atoms with Crippen LogP contribution in [-0.2, 0) is 0 Å². The second-order valence-electron chi connectivity index (χ2n) is 9.12. The van der Waals surface area contributed by atoms with Gasteiger partial charge in [0.05, 0.1) is 5.69 Å². The molecule has 0 aliphatic carbocycles. The SMILES string of the molecule is Clc1cccc2sc3c4ccccc4c(N(c4ccccc4)c4ccc(-c5ccccc5)cc4)cc3c12. The van der Waals surface area contributed by atoms with Gasteiger partial charge >= 0.3 is 0 Å². The van der Waals surface area contributed by atoms with E-state index in [4.69, 9.17) is 11.6 Å². The lowest BCUT2D eigenvalue weighted by atomic mass is 10.0. The van der Waals surface area contributed by atoms with E-state index in [9.17, 15) is 0 Å². The molecular formula is C34H22ClNS. The Morgan fingerprint density at radius 3 is 1.89 bits per heavy atom. The zero-order valence-electron chi connectivity index (χ0n) is 19.9. The fraction of sp³-hybridized carbons (Fsp3) is 0. The largest absolute Gasteiger partial charge is 0.310 e. The Bertz CT molecular complexity index is 1870. The van der Waals surface area contributed by atoms with E-state index in [-0.39, 0.29) is 0 Å². The van der Waals surface area contributed by atoms with Crippen molar-refractivity contribution in [2.24, 2.45) is 0 Å².